The van der Waals surface area contributed by atoms with Gasteiger partial charge in [-0.1, -0.05) is 26.8 Å². The molecule has 1 aliphatic rings. The fraction of sp³-hybridized carbons (Fsp3) is 0.625. The first-order chi connectivity index (χ1) is 13.9. The first-order valence-electron chi connectivity index (χ1n) is 10.9. The number of carbonyl (C=O) groups excluding carboxylic acids is 1. The number of phenols is 1. The second kappa shape index (κ2) is 9.38. The van der Waals surface area contributed by atoms with Gasteiger partial charge in [0.05, 0.1) is 13.2 Å². The molecule has 1 aliphatic carbocycles. The molecular weight excluding hydrogens is 399 g/mol. The van der Waals surface area contributed by atoms with Crippen molar-refractivity contribution in [2.24, 2.45) is 0 Å². The van der Waals surface area contributed by atoms with Crippen LogP contribution in [0.15, 0.2) is 12.1 Å². The van der Waals surface area contributed by atoms with Gasteiger partial charge in [0.15, 0.2) is 5.78 Å². The van der Waals surface area contributed by atoms with Crippen LogP contribution in [0.1, 0.15) is 83.6 Å². The summed E-state index contributed by atoms with van der Waals surface area (Å²) in [6, 6.07) is 1.99. The lowest BCUT2D eigenvalue weighted by Gasteiger charge is -2.30. The molecule has 0 radical (unpaired) electrons. The highest BCUT2D eigenvalue weighted by molar-refractivity contribution is 7.56. The Morgan fingerprint density at radius 2 is 1.60 bits per heavy atom. The van der Waals surface area contributed by atoms with Gasteiger partial charge in [-0.25, -0.2) is 0 Å². The zero-order valence-corrected chi connectivity index (χ0v) is 20.4. The lowest BCUT2D eigenvalue weighted by Crippen LogP contribution is -2.32. The van der Waals surface area contributed by atoms with Crippen LogP contribution in [-0.4, -0.2) is 29.3 Å². The molecule has 0 fully saturated rings. The third-order valence-electron chi connectivity index (χ3n) is 5.77. The van der Waals surface area contributed by atoms with Crippen molar-refractivity contribution in [3.05, 3.63) is 34.4 Å². The summed E-state index contributed by atoms with van der Waals surface area (Å²) >= 11 is 0. The molecule has 1 aromatic carbocycles. The van der Waals surface area contributed by atoms with Crippen LogP contribution in [0.3, 0.4) is 0 Å². The third-order valence-corrected chi connectivity index (χ3v) is 8.55. The van der Waals surface area contributed by atoms with Gasteiger partial charge >= 0.3 is 7.60 Å². The Balaban J connectivity index is 2.48. The molecule has 2 rings (SSSR count). The van der Waals surface area contributed by atoms with Gasteiger partial charge in [0.2, 0.25) is 0 Å². The summed E-state index contributed by atoms with van der Waals surface area (Å²) < 4.78 is 24.1. The molecule has 0 saturated carbocycles. The van der Waals surface area contributed by atoms with Gasteiger partial charge in [-0.15, -0.1) is 0 Å². The van der Waals surface area contributed by atoms with E-state index in [0.717, 1.165) is 47.9 Å². The number of allylic oxidation sites excluding steroid dienone is 1. The average molecular weight is 437 g/mol. The van der Waals surface area contributed by atoms with Crippen LogP contribution in [0.2, 0.25) is 0 Å². The highest BCUT2D eigenvalue weighted by Gasteiger charge is 2.48. The van der Waals surface area contributed by atoms with Crippen LogP contribution < -0.4 is 0 Å². The van der Waals surface area contributed by atoms with Crippen LogP contribution >= 0.6 is 7.60 Å². The largest absolute Gasteiger partial charge is 0.507 e. The number of ketones is 1. The lowest BCUT2D eigenvalue weighted by atomic mass is 9.78. The number of hydrogen-bond acceptors (Lipinski definition) is 5. The van der Waals surface area contributed by atoms with Crippen molar-refractivity contribution in [2.75, 3.05) is 13.2 Å². The average Bonchev–Trinajstić information content (AvgIpc) is 2.66. The van der Waals surface area contributed by atoms with E-state index in [1.54, 1.807) is 33.8 Å². The quantitative estimate of drug-likeness (QED) is 0.388. The lowest BCUT2D eigenvalue weighted by molar-refractivity contribution is -0.116. The van der Waals surface area contributed by atoms with Crippen molar-refractivity contribution in [3.63, 3.8) is 0 Å². The van der Waals surface area contributed by atoms with Gasteiger partial charge in [-0.05, 0) is 87.6 Å². The molecule has 168 valence electrons. The van der Waals surface area contributed by atoms with Crippen molar-refractivity contribution >= 4 is 19.5 Å². The number of aromatic hydroxyl groups is 1. The minimum Gasteiger partial charge on any atom is -0.507 e. The molecular formula is C24H37O5P. The third kappa shape index (κ3) is 4.90. The second-order valence-electron chi connectivity index (χ2n) is 9.37. The monoisotopic (exact) mass is 436 g/mol. The number of hydrogen-bond donors (Lipinski definition) is 1. The minimum absolute atomic E-state index is 0.206. The number of rotatable bonds is 8. The van der Waals surface area contributed by atoms with Crippen LogP contribution in [0.4, 0.5) is 0 Å². The minimum atomic E-state index is -3.61. The molecule has 0 bridgehead atoms. The van der Waals surface area contributed by atoms with E-state index in [2.05, 4.69) is 20.8 Å². The van der Waals surface area contributed by atoms with E-state index >= 15 is 0 Å². The molecule has 0 spiro atoms. The van der Waals surface area contributed by atoms with Gasteiger partial charge < -0.3 is 14.2 Å². The zero-order valence-electron chi connectivity index (χ0n) is 19.5. The molecule has 0 aromatic heterocycles. The Morgan fingerprint density at radius 1 is 1.07 bits per heavy atom. The SMILES string of the molecule is CCOP(=O)(OCC)C(C)(C)C(=O)/C=C/c1cc(C(C)(C)C)c(O)c2c1CCCC2. The maximum atomic E-state index is 13.2. The molecule has 0 saturated heterocycles. The molecule has 0 unspecified atom stereocenters. The van der Waals surface area contributed by atoms with Gasteiger partial charge in [0, 0.05) is 5.56 Å². The summed E-state index contributed by atoms with van der Waals surface area (Å²) in [5.41, 5.74) is 3.70. The number of carbonyl (C=O) groups is 1. The van der Waals surface area contributed by atoms with Crippen molar-refractivity contribution in [2.45, 2.75) is 84.7 Å². The second-order valence-corrected chi connectivity index (χ2v) is 12.0. The fourth-order valence-electron chi connectivity index (χ4n) is 3.88. The summed E-state index contributed by atoms with van der Waals surface area (Å²) in [5, 5.41) is 9.57. The van der Waals surface area contributed by atoms with Crippen molar-refractivity contribution in [1.82, 2.24) is 0 Å². The Bertz CT molecular complexity index is 851. The summed E-state index contributed by atoms with van der Waals surface area (Å²) in [5.74, 6) is 0.0841. The van der Waals surface area contributed by atoms with E-state index < -0.39 is 12.8 Å². The molecule has 30 heavy (non-hydrogen) atoms. The number of fused-ring (bicyclic) bond motifs is 1. The standard InChI is InChI=1S/C24H37O5P/c1-8-28-30(27,29-9-2)24(6,7)21(25)15-14-17-16-20(23(3,4)5)22(26)19-13-11-10-12-18(17)19/h14-16,26H,8-13H2,1-7H3/b15-14+. The van der Waals surface area contributed by atoms with Crippen LogP contribution in [0.5, 0.6) is 5.75 Å². The van der Waals surface area contributed by atoms with E-state index in [4.69, 9.17) is 9.05 Å². The van der Waals surface area contributed by atoms with Crippen LogP contribution in [-0.2, 0) is 36.7 Å². The van der Waals surface area contributed by atoms with Gasteiger partial charge in [-0.3, -0.25) is 9.36 Å². The first-order valence-corrected chi connectivity index (χ1v) is 12.4. The Kier molecular flexibility index (Phi) is 7.77. The van der Waals surface area contributed by atoms with Crippen molar-refractivity contribution in [1.29, 1.82) is 0 Å². The summed E-state index contributed by atoms with van der Waals surface area (Å²) in [7, 11) is -3.61. The molecule has 6 heteroatoms. The molecule has 0 heterocycles. The molecule has 0 atom stereocenters. The van der Waals surface area contributed by atoms with Gasteiger partial charge in [0.1, 0.15) is 10.9 Å². The molecule has 5 nitrogen and oxygen atoms in total. The molecule has 0 aliphatic heterocycles. The Labute approximate surface area is 181 Å². The molecule has 1 N–H and O–H groups in total. The normalized spacial score (nSPS) is 15.4. The zero-order chi connectivity index (χ0) is 22.7. The van der Waals surface area contributed by atoms with E-state index in [0.29, 0.717) is 5.75 Å². The van der Waals surface area contributed by atoms with E-state index in [1.807, 2.05) is 6.07 Å². The number of phenolic OH excluding ortho intramolecular Hbond substituents is 1. The maximum absolute atomic E-state index is 13.2. The predicted octanol–water partition coefficient (Wildman–Crippen LogP) is 6.20. The molecule has 1 aromatic rings. The van der Waals surface area contributed by atoms with E-state index in [1.165, 1.54) is 6.08 Å². The topological polar surface area (TPSA) is 72.8 Å². The summed E-state index contributed by atoms with van der Waals surface area (Å²) in [6.45, 7) is 13.3. The fourth-order valence-corrected chi connectivity index (χ4v) is 5.63. The highest BCUT2D eigenvalue weighted by atomic mass is 31.2. The Hall–Kier alpha value is -1.42. The van der Waals surface area contributed by atoms with Crippen molar-refractivity contribution < 1.29 is 23.5 Å². The smallest absolute Gasteiger partial charge is 0.343 e. The predicted molar refractivity (Wildman–Crippen MR) is 122 cm³/mol. The summed E-state index contributed by atoms with van der Waals surface area (Å²) in [4.78, 5) is 13.1. The van der Waals surface area contributed by atoms with E-state index in [9.17, 15) is 14.5 Å². The maximum Gasteiger partial charge on any atom is 0.343 e. The number of benzene rings is 1. The summed E-state index contributed by atoms with van der Waals surface area (Å²) in [6.07, 6.45) is 7.11. The first kappa shape index (κ1) is 24.8. The molecule has 0 amide bonds. The van der Waals surface area contributed by atoms with Crippen LogP contribution in [0, 0.1) is 0 Å². The highest BCUT2D eigenvalue weighted by Crippen LogP contribution is 2.60. The van der Waals surface area contributed by atoms with E-state index in [-0.39, 0.29) is 24.4 Å². The Morgan fingerprint density at radius 3 is 2.10 bits per heavy atom. The van der Waals surface area contributed by atoms with Crippen LogP contribution in [0.25, 0.3) is 6.08 Å². The van der Waals surface area contributed by atoms with Gasteiger partial charge in [-0.2, -0.15) is 0 Å². The van der Waals surface area contributed by atoms with Crippen molar-refractivity contribution in [3.8, 4) is 5.75 Å². The van der Waals surface area contributed by atoms with Gasteiger partial charge in [0.25, 0.3) is 0 Å².